The fourth-order valence-corrected chi connectivity index (χ4v) is 3.32. The molecule has 6 heteroatoms. The van der Waals surface area contributed by atoms with Crippen LogP contribution in [0.5, 0.6) is 11.5 Å². The van der Waals surface area contributed by atoms with E-state index in [9.17, 15) is 13.6 Å². The Balaban J connectivity index is 0.00000133. The molecule has 0 aliphatic heterocycles. The lowest BCUT2D eigenvalue weighted by Crippen LogP contribution is -2.23. The second-order valence-corrected chi connectivity index (χ2v) is 7.21. The minimum absolute atomic E-state index is 0. The Morgan fingerprint density at radius 2 is 1.79 bits per heavy atom. The highest BCUT2D eigenvalue weighted by Crippen LogP contribution is 2.27. The van der Waals surface area contributed by atoms with Crippen molar-refractivity contribution in [3.63, 3.8) is 0 Å². The zero-order valence-electron chi connectivity index (χ0n) is 18.9. The van der Waals surface area contributed by atoms with Gasteiger partial charge in [0.25, 0.3) is 5.91 Å². The van der Waals surface area contributed by atoms with Gasteiger partial charge in [-0.05, 0) is 60.4 Å². The Hall–Kier alpha value is -3.80. The van der Waals surface area contributed by atoms with Crippen molar-refractivity contribution in [3.8, 4) is 11.5 Å². The highest BCUT2D eigenvalue weighted by molar-refractivity contribution is 5.96. The molecule has 0 atom stereocenters. The van der Waals surface area contributed by atoms with Gasteiger partial charge in [0.1, 0.15) is 23.1 Å². The predicted octanol–water partition coefficient (Wildman–Crippen LogP) is 7.01. The SMILES string of the molecule is CC.Cc1ccc(Oc2ccnc(C3=CCC=C3)c2)cc1C(=O)NCc1cc(F)cc(F)c1.[HH]. The standard InChI is InChI=1S/C25H20F2N2O2.C2H6.H2/c1-16-6-7-21(31-22-8-9-28-24(14-22)18-4-2-3-5-18)13-23(16)25(30)29-15-17-10-19(26)12-20(27)11-17;1-2;/h2,4-14H,3,15H2,1H3,(H,29,30);1-2H3;1H. The minimum Gasteiger partial charge on any atom is -0.457 e. The number of halogens is 2. The third-order valence-corrected chi connectivity index (χ3v) is 4.86. The number of nitrogens with one attached hydrogen (secondary N) is 1. The van der Waals surface area contributed by atoms with Gasteiger partial charge >= 0.3 is 0 Å². The van der Waals surface area contributed by atoms with Crippen LogP contribution in [0.4, 0.5) is 8.78 Å². The monoisotopic (exact) mass is 450 g/mol. The average molecular weight is 451 g/mol. The minimum atomic E-state index is -0.684. The van der Waals surface area contributed by atoms with Crippen molar-refractivity contribution in [2.24, 2.45) is 0 Å². The van der Waals surface area contributed by atoms with Crippen LogP contribution in [0.3, 0.4) is 0 Å². The van der Waals surface area contributed by atoms with Crippen molar-refractivity contribution in [2.45, 2.75) is 33.7 Å². The van der Waals surface area contributed by atoms with E-state index in [-0.39, 0.29) is 13.9 Å². The van der Waals surface area contributed by atoms with Crippen LogP contribution >= 0.6 is 0 Å². The molecule has 0 radical (unpaired) electrons. The zero-order valence-corrected chi connectivity index (χ0v) is 18.9. The topological polar surface area (TPSA) is 51.2 Å². The molecule has 33 heavy (non-hydrogen) atoms. The van der Waals surface area contributed by atoms with Gasteiger partial charge < -0.3 is 10.1 Å². The van der Waals surface area contributed by atoms with Crippen molar-refractivity contribution in [1.29, 1.82) is 0 Å². The van der Waals surface area contributed by atoms with E-state index in [1.165, 1.54) is 12.1 Å². The summed E-state index contributed by atoms with van der Waals surface area (Å²) in [5.74, 6) is -0.616. The number of ether oxygens (including phenoxy) is 1. The first-order valence-electron chi connectivity index (χ1n) is 10.8. The normalized spacial score (nSPS) is 12.0. The zero-order chi connectivity index (χ0) is 23.8. The van der Waals surface area contributed by atoms with Crippen LogP contribution in [0.2, 0.25) is 0 Å². The van der Waals surface area contributed by atoms with Gasteiger partial charge in [-0.15, -0.1) is 0 Å². The van der Waals surface area contributed by atoms with Crippen LogP contribution < -0.4 is 10.1 Å². The van der Waals surface area contributed by atoms with Crippen LogP contribution in [0.15, 0.2) is 73.0 Å². The van der Waals surface area contributed by atoms with Crippen LogP contribution in [-0.4, -0.2) is 10.9 Å². The van der Waals surface area contributed by atoms with Crippen molar-refractivity contribution in [2.75, 3.05) is 0 Å². The Morgan fingerprint density at radius 3 is 2.48 bits per heavy atom. The number of aromatic nitrogens is 1. The molecule has 4 rings (SSSR count). The number of amides is 1. The number of nitrogens with zero attached hydrogens (tertiary/aromatic N) is 1. The summed E-state index contributed by atoms with van der Waals surface area (Å²) in [5, 5.41) is 2.69. The summed E-state index contributed by atoms with van der Waals surface area (Å²) < 4.78 is 32.6. The summed E-state index contributed by atoms with van der Waals surface area (Å²) in [6.07, 6.45) is 8.74. The Bertz CT molecular complexity index is 1190. The van der Waals surface area contributed by atoms with E-state index >= 15 is 0 Å². The van der Waals surface area contributed by atoms with E-state index < -0.39 is 11.6 Å². The maximum atomic E-state index is 13.3. The molecular formula is C27H28F2N2O2. The lowest BCUT2D eigenvalue weighted by molar-refractivity contribution is 0.0950. The lowest BCUT2D eigenvalue weighted by atomic mass is 10.1. The molecule has 3 aromatic rings. The lowest BCUT2D eigenvalue weighted by Gasteiger charge is -2.12. The van der Waals surface area contributed by atoms with E-state index in [2.05, 4.69) is 22.5 Å². The summed E-state index contributed by atoms with van der Waals surface area (Å²) in [5.41, 5.74) is 3.38. The van der Waals surface area contributed by atoms with Crippen LogP contribution in [0.1, 0.15) is 48.9 Å². The number of hydrogen-bond acceptors (Lipinski definition) is 3. The Kier molecular flexibility index (Phi) is 8.08. The molecule has 1 N–H and O–H groups in total. The van der Waals surface area contributed by atoms with Gasteiger partial charge in [-0.3, -0.25) is 9.78 Å². The Labute approximate surface area is 194 Å². The summed E-state index contributed by atoms with van der Waals surface area (Å²) in [7, 11) is 0. The molecule has 4 nitrogen and oxygen atoms in total. The molecule has 1 aliphatic carbocycles. The molecule has 0 bridgehead atoms. The summed E-state index contributed by atoms with van der Waals surface area (Å²) >= 11 is 0. The summed E-state index contributed by atoms with van der Waals surface area (Å²) in [6, 6.07) is 12.0. The number of hydrogen-bond donors (Lipinski definition) is 1. The van der Waals surface area contributed by atoms with Gasteiger partial charge in [0.15, 0.2) is 0 Å². The quantitative estimate of drug-likeness (QED) is 0.440. The number of rotatable bonds is 6. The molecule has 172 valence electrons. The molecule has 1 heterocycles. The molecule has 0 saturated heterocycles. The molecular weight excluding hydrogens is 422 g/mol. The van der Waals surface area contributed by atoms with Gasteiger partial charge in [-0.1, -0.05) is 38.1 Å². The van der Waals surface area contributed by atoms with E-state index in [0.29, 0.717) is 22.6 Å². The van der Waals surface area contributed by atoms with E-state index in [4.69, 9.17) is 4.74 Å². The molecule has 2 aromatic carbocycles. The van der Waals surface area contributed by atoms with Crippen molar-refractivity contribution in [3.05, 3.63) is 107 Å². The molecule has 0 unspecified atom stereocenters. The predicted molar refractivity (Wildman–Crippen MR) is 128 cm³/mol. The maximum absolute atomic E-state index is 13.3. The summed E-state index contributed by atoms with van der Waals surface area (Å²) in [4.78, 5) is 17.0. The fraction of sp³-hybridized carbons (Fsp3) is 0.185. The van der Waals surface area contributed by atoms with E-state index in [0.717, 1.165) is 29.3 Å². The summed E-state index contributed by atoms with van der Waals surface area (Å²) in [6.45, 7) is 5.82. The average Bonchev–Trinajstić information content (AvgIpc) is 3.35. The highest BCUT2D eigenvalue weighted by Gasteiger charge is 2.12. The number of aryl methyl sites for hydroxylation is 1. The number of allylic oxidation sites excluding steroid dienone is 4. The second-order valence-electron chi connectivity index (χ2n) is 7.21. The van der Waals surface area contributed by atoms with Crippen molar-refractivity contribution >= 4 is 11.5 Å². The smallest absolute Gasteiger partial charge is 0.251 e. The number of pyridine rings is 1. The third kappa shape index (κ3) is 6.35. The first-order chi connectivity index (χ1) is 16.0. The molecule has 0 saturated carbocycles. The molecule has 0 spiro atoms. The maximum Gasteiger partial charge on any atom is 0.251 e. The largest absolute Gasteiger partial charge is 0.457 e. The second kappa shape index (κ2) is 11.2. The highest BCUT2D eigenvalue weighted by atomic mass is 19.1. The van der Waals surface area contributed by atoms with Crippen LogP contribution in [0, 0.1) is 18.6 Å². The fourth-order valence-electron chi connectivity index (χ4n) is 3.32. The van der Waals surface area contributed by atoms with Crippen LogP contribution in [-0.2, 0) is 6.54 Å². The number of benzene rings is 2. The van der Waals surface area contributed by atoms with E-state index in [1.54, 1.807) is 30.5 Å². The van der Waals surface area contributed by atoms with Gasteiger partial charge in [0, 0.05) is 31.9 Å². The first-order valence-corrected chi connectivity index (χ1v) is 10.8. The van der Waals surface area contributed by atoms with Gasteiger partial charge in [-0.2, -0.15) is 0 Å². The third-order valence-electron chi connectivity index (χ3n) is 4.86. The van der Waals surface area contributed by atoms with Gasteiger partial charge in [-0.25, -0.2) is 8.78 Å². The van der Waals surface area contributed by atoms with Crippen molar-refractivity contribution in [1.82, 2.24) is 10.3 Å². The van der Waals surface area contributed by atoms with Crippen LogP contribution in [0.25, 0.3) is 5.57 Å². The van der Waals surface area contributed by atoms with Crippen molar-refractivity contribution < 1.29 is 19.7 Å². The number of carbonyl (C=O) groups is 1. The van der Waals surface area contributed by atoms with E-state index in [1.807, 2.05) is 32.9 Å². The van der Waals surface area contributed by atoms with Gasteiger partial charge in [0.05, 0.1) is 5.69 Å². The first kappa shape index (κ1) is 23.9. The molecule has 1 amide bonds. The molecule has 0 fully saturated rings. The van der Waals surface area contributed by atoms with Gasteiger partial charge in [0.2, 0.25) is 0 Å². The molecule has 1 aromatic heterocycles. The molecule has 1 aliphatic rings. The number of carbonyl (C=O) groups excluding carboxylic acids is 1. The Morgan fingerprint density at radius 1 is 1.06 bits per heavy atom.